The highest BCUT2D eigenvalue weighted by atomic mass is 15.0. The Bertz CT molecular complexity index is 2960. The average molecular weight is 662 g/mol. The molecule has 1 aromatic heterocycles. The molecule has 0 N–H and O–H groups in total. The summed E-state index contributed by atoms with van der Waals surface area (Å²) in [6.07, 6.45) is 0. The summed E-state index contributed by atoms with van der Waals surface area (Å²) in [7, 11) is 0. The van der Waals surface area contributed by atoms with E-state index in [1.807, 2.05) is 0 Å². The number of benzene rings is 9. The van der Waals surface area contributed by atoms with Crippen LogP contribution in [0.5, 0.6) is 0 Å². The molecular formula is C49H31N3. The molecule has 0 amide bonds. The van der Waals surface area contributed by atoms with Gasteiger partial charge < -0.3 is 0 Å². The molecule has 0 aliphatic rings. The molecule has 9 aromatic carbocycles. The molecule has 0 aliphatic carbocycles. The molecule has 10 rings (SSSR count). The van der Waals surface area contributed by atoms with Gasteiger partial charge in [0, 0.05) is 16.7 Å². The van der Waals surface area contributed by atoms with Gasteiger partial charge in [-0.2, -0.15) is 0 Å². The van der Waals surface area contributed by atoms with Crippen molar-refractivity contribution in [1.82, 2.24) is 15.0 Å². The molecule has 242 valence electrons. The fourth-order valence-electron chi connectivity index (χ4n) is 7.48. The number of hydrogen-bond acceptors (Lipinski definition) is 3. The zero-order valence-electron chi connectivity index (χ0n) is 28.2. The van der Waals surface area contributed by atoms with Gasteiger partial charge in [0.25, 0.3) is 0 Å². The van der Waals surface area contributed by atoms with E-state index < -0.39 is 0 Å². The van der Waals surface area contributed by atoms with E-state index in [1.54, 1.807) is 0 Å². The summed E-state index contributed by atoms with van der Waals surface area (Å²) < 4.78 is 0. The van der Waals surface area contributed by atoms with Crippen LogP contribution < -0.4 is 0 Å². The molecule has 0 aliphatic heterocycles. The minimum absolute atomic E-state index is 0.639. The maximum Gasteiger partial charge on any atom is 0.164 e. The summed E-state index contributed by atoms with van der Waals surface area (Å²) in [6, 6.07) is 66.5. The lowest BCUT2D eigenvalue weighted by atomic mass is 9.95. The highest BCUT2D eigenvalue weighted by molar-refractivity contribution is 6.13. The molecule has 0 unspecified atom stereocenters. The molecule has 0 saturated carbocycles. The van der Waals surface area contributed by atoms with Crippen LogP contribution in [0.1, 0.15) is 0 Å². The third-order valence-corrected chi connectivity index (χ3v) is 10.1. The lowest BCUT2D eigenvalue weighted by molar-refractivity contribution is 1.08. The van der Waals surface area contributed by atoms with Crippen molar-refractivity contribution in [1.29, 1.82) is 0 Å². The standard InChI is InChI=1S/C49H31N3/c1-2-13-36-30-40(28-25-32(36)11-1)48-50-47(51-49(52-48)46-31-38-14-4-6-19-43(38)44-20-7-8-21-45(44)46)39-17-9-16-37(29-39)33-23-26-35(27-24-33)42-22-10-15-34-12-3-5-18-41(34)42/h1-31H. The fourth-order valence-corrected chi connectivity index (χ4v) is 7.48. The number of hydrogen-bond donors (Lipinski definition) is 0. The third-order valence-electron chi connectivity index (χ3n) is 10.1. The van der Waals surface area contributed by atoms with E-state index in [4.69, 9.17) is 15.0 Å². The quantitative estimate of drug-likeness (QED) is 0.172. The van der Waals surface area contributed by atoms with Gasteiger partial charge in [0.05, 0.1) is 0 Å². The van der Waals surface area contributed by atoms with Gasteiger partial charge in [0.1, 0.15) is 0 Å². The number of aromatic nitrogens is 3. The average Bonchev–Trinajstić information content (AvgIpc) is 3.23. The van der Waals surface area contributed by atoms with Gasteiger partial charge in [0.2, 0.25) is 0 Å². The SMILES string of the molecule is c1cc(-c2ccc(-c3cccc4ccccc34)cc2)cc(-c2nc(-c3ccc4ccccc4c3)nc(-c3cc4ccccc4c4ccccc34)n2)c1. The summed E-state index contributed by atoms with van der Waals surface area (Å²) in [4.78, 5) is 15.5. The molecule has 0 radical (unpaired) electrons. The first-order valence-electron chi connectivity index (χ1n) is 17.6. The van der Waals surface area contributed by atoms with Crippen molar-refractivity contribution in [3.8, 4) is 56.4 Å². The Morgan fingerprint density at radius 1 is 0.231 bits per heavy atom. The molecule has 0 spiro atoms. The molecule has 3 heteroatoms. The monoisotopic (exact) mass is 661 g/mol. The second kappa shape index (κ2) is 12.4. The van der Waals surface area contributed by atoms with Gasteiger partial charge in [-0.15, -0.1) is 0 Å². The van der Waals surface area contributed by atoms with Crippen LogP contribution in [0.25, 0.3) is 99.5 Å². The molecule has 52 heavy (non-hydrogen) atoms. The third kappa shape index (κ3) is 5.28. The Balaban J connectivity index is 1.12. The van der Waals surface area contributed by atoms with E-state index in [2.05, 4.69) is 188 Å². The van der Waals surface area contributed by atoms with E-state index in [1.165, 1.54) is 38.1 Å². The molecule has 0 fully saturated rings. The summed E-state index contributed by atoms with van der Waals surface area (Å²) in [5, 5.41) is 9.49. The smallest absolute Gasteiger partial charge is 0.164 e. The lowest BCUT2D eigenvalue weighted by Gasteiger charge is -2.13. The van der Waals surface area contributed by atoms with Crippen molar-refractivity contribution in [2.45, 2.75) is 0 Å². The molecule has 0 atom stereocenters. The van der Waals surface area contributed by atoms with Crippen LogP contribution in [0, 0.1) is 0 Å². The zero-order valence-corrected chi connectivity index (χ0v) is 28.2. The van der Waals surface area contributed by atoms with Gasteiger partial charge in [-0.1, -0.05) is 170 Å². The molecule has 10 aromatic rings. The second-order valence-electron chi connectivity index (χ2n) is 13.2. The van der Waals surface area contributed by atoms with Crippen molar-refractivity contribution >= 4 is 43.1 Å². The van der Waals surface area contributed by atoms with Crippen LogP contribution in [0.2, 0.25) is 0 Å². The molecule has 3 nitrogen and oxygen atoms in total. The van der Waals surface area contributed by atoms with Crippen molar-refractivity contribution in [3.05, 3.63) is 188 Å². The molecular weight excluding hydrogens is 631 g/mol. The van der Waals surface area contributed by atoms with E-state index >= 15 is 0 Å². The van der Waals surface area contributed by atoms with Crippen LogP contribution in [0.4, 0.5) is 0 Å². The van der Waals surface area contributed by atoms with Gasteiger partial charge in [0.15, 0.2) is 17.5 Å². The van der Waals surface area contributed by atoms with Crippen LogP contribution in [-0.4, -0.2) is 15.0 Å². The predicted molar refractivity (Wildman–Crippen MR) is 217 cm³/mol. The largest absolute Gasteiger partial charge is 0.208 e. The first kappa shape index (κ1) is 29.9. The summed E-state index contributed by atoms with van der Waals surface area (Å²) in [5.41, 5.74) is 7.54. The van der Waals surface area contributed by atoms with Crippen LogP contribution >= 0.6 is 0 Å². The summed E-state index contributed by atoms with van der Waals surface area (Å²) in [6.45, 7) is 0. The van der Waals surface area contributed by atoms with Crippen molar-refractivity contribution in [2.75, 3.05) is 0 Å². The zero-order chi connectivity index (χ0) is 34.4. The van der Waals surface area contributed by atoms with Crippen molar-refractivity contribution < 1.29 is 0 Å². The summed E-state index contributed by atoms with van der Waals surface area (Å²) in [5.74, 6) is 1.94. The predicted octanol–water partition coefficient (Wildman–Crippen LogP) is 12.8. The Kier molecular flexibility index (Phi) is 7.14. The highest BCUT2D eigenvalue weighted by Crippen LogP contribution is 2.36. The van der Waals surface area contributed by atoms with Crippen molar-refractivity contribution in [3.63, 3.8) is 0 Å². The normalized spacial score (nSPS) is 11.5. The fraction of sp³-hybridized carbons (Fsp3) is 0. The molecule has 1 heterocycles. The van der Waals surface area contributed by atoms with Crippen LogP contribution in [0.3, 0.4) is 0 Å². The van der Waals surface area contributed by atoms with Gasteiger partial charge in [-0.3, -0.25) is 0 Å². The minimum atomic E-state index is 0.639. The first-order valence-corrected chi connectivity index (χ1v) is 17.6. The number of fused-ring (bicyclic) bond motifs is 5. The van der Waals surface area contributed by atoms with Gasteiger partial charge in [-0.25, -0.2) is 15.0 Å². The maximum atomic E-state index is 5.21. The Labute approximate surface area is 301 Å². The highest BCUT2D eigenvalue weighted by Gasteiger charge is 2.17. The van der Waals surface area contributed by atoms with Gasteiger partial charge >= 0.3 is 0 Å². The van der Waals surface area contributed by atoms with E-state index in [0.717, 1.165) is 44.0 Å². The Morgan fingerprint density at radius 3 is 1.58 bits per heavy atom. The van der Waals surface area contributed by atoms with Crippen LogP contribution in [0.15, 0.2) is 188 Å². The topological polar surface area (TPSA) is 38.7 Å². The Morgan fingerprint density at radius 2 is 0.769 bits per heavy atom. The first-order chi connectivity index (χ1) is 25.7. The number of rotatable bonds is 5. The van der Waals surface area contributed by atoms with E-state index in [-0.39, 0.29) is 0 Å². The molecule has 0 saturated heterocycles. The minimum Gasteiger partial charge on any atom is -0.208 e. The van der Waals surface area contributed by atoms with Crippen molar-refractivity contribution in [2.24, 2.45) is 0 Å². The van der Waals surface area contributed by atoms with Gasteiger partial charge in [-0.05, 0) is 83.5 Å². The second-order valence-corrected chi connectivity index (χ2v) is 13.2. The Hall–Kier alpha value is -6.97. The number of nitrogens with zero attached hydrogens (tertiary/aromatic N) is 3. The maximum absolute atomic E-state index is 5.21. The van der Waals surface area contributed by atoms with E-state index in [0.29, 0.717) is 17.5 Å². The molecule has 0 bridgehead atoms. The van der Waals surface area contributed by atoms with Crippen LogP contribution in [-0.2, 0) is 0 Å². The summed E-state index contributed by atoms with van der Waals surface area (Å²) >= 11 is 0. The van der Waals surface area contributed by atoms with E-state index in [9.17, 15) is 0 Å². The lowest BCUT2D eigenvalue weighted by Crippen LogP contribution is -2.01.